The molecule has 0 saturated heterocycles. The van der Waals surface area contributed by atoms with Crippen LogP contribution in [0.5, 0.6) is 5.75 Å². The first-order chi connectivity index (χ1) is 19.7. The molecule has 4 N–H and O–H groups in total. The summed E-state index contributed by atoms with van der Waals surface area (Å²) in [4.78, 5) is 22.5. The number of nitrogens with zero attached hydrogens (tertiary/aromatic N) is 5. The number of anilines is 2. The second kappa shape index (κ2) is 11.8. The normalized spacial score (nSPS) is 20.7. The number of likely N-dealkylation sites (N-methyl/N-ethyl adjacent to an activating group) is 1. The van der Waals surface area contributed by atoms with Gasteiger partial charge in [0.25, 0.3) is 0 Å². The van der Waals surface area contributed by atoms with E-state index in [-0.39, 0.29) is 60.0 Å². The molecule has 12 heteroatoms. The molecule has 3 heterocycles. The standard InChI is InChI=1S/C29H33F2N7O3/c1-16-10-18(11-24(32)28(16)37(3)17(2)40)21-6-7-33-15-26(21)35-29-34-14-19-4-5-25(36-38(19)29)27-22(30)12-20(13-23(27)31)41-9-8-39/h4-7,12-16,18,24,28,39H,8-11,32H2,1-3H3,(H,34,35). The van der Waals surface area contributed by atoms with Gasteiger partial charge < -0.3 is 25.8 Å². The monoisotopic (exact) mass is 565 g/mol. The van der Waals surface area contributed by atoms with E-state index < -0.39 is 11.6 Å². The number of nitrogens with two attached hydrogens (primary N) is 1. The number of hydrogen-bond donors (Lipinski definition) is 3. The molecule has 0 bridgehead atoms. The van der Waals surface area contributed by atoms with Gasteiger partial charge in [0.15, 0.2) is 0 Å². The predicted octanol–water partition coefficient (Wildman–Crippen LogP) is 3.87. The summed E-state index contributed by atoms with van der Waals surface area (Å²) in [7, 11) is 1.80. The van der Waals surface area contributed by atoms with Gasteiger partial charge in [-0.3, -0.25) is 9.78 Å². The average molecular weight is 566 g/mol. The first kappa shape index (κ1) is 28.4. The van der Waals surface area contributed by atoms with Crippen LogP contribution in [0, 0.1) is 17.6 Å². The van der Waals surface area contributed by atoms with Crippen molar-refractivity contribution >= 4 is 23.1 Å². The fourth-order valence-corrected chi connectivity index (χ4v) is 5.84. The van der Waals surface area contributed by atoms with Crippen LogP contribution in [0.3, 0.4) is 0 Å². The minimum Gasteiger partial charge on any atom is -0.491 e. The second-order valence-corrected chi connectivity index (χ2v) is 10.5. The van der Waals surface area contributed by atoms with Crippen molar-refractivity contribution in [2.75, 3.05) is 25.6 Å². The molecular weight excluding hydrogens is 532 g/mol. The number of carbonyl (C=O) groups is 1. The van der Waals surface area contributed by atoms with Crippen LogP contribution in [0.4, 0.5) is 20.4 Å². The number of halogens is 2. The van der Waals surface area contributed by atoms with Crippen LogP contribution in [0.15, 0.2) is 48.9 Å². The molecule has 4 unspecified atom stereocenters. The predicted molar refractivity (Wildman–Crippen MR) is 150 cm³/mol. The molecule has 1 amide bonds. The number of amides is 1. The van der Waals surface area contributed by atoms with E-state index in [1.165, 1.54) is 10.6 Å². The Labute approximate surface area is 236 Å². The SMILES string of the molecule is CC(=O)N(C)C1C(C)CC(c2ccncc2Nc2ncc3ccc(-c4c(F)cc(OCCO)cc4F)nn23)CC1N. The lowest BCUT2D eigenvalue weighted by atomic mass is 9.73. The molecular formula is C29H33F2N7O3. The van der Waals surface area contributed by atoms with E-state index in [1.54, 1.807) is 43.5 Å². The molecule has 0 radical (unpaired) electrons. The van der Waals surface area contributed by atoms with Crippen molar-refractivity contribution in [2.24, 2.45) is 11.7 Å². The zero-order valence-electron chi connectivity index (χ0n) is 23.1. The van der Waals surface area contributed by atoms with Crippen molar-refractivity contribution in [1.29, 1.82) is 0 Å². The van der Waals surface area contributed by atoms with Gasteiger partial charge in [-0.1, -0.05) is 6.92 Å². The van der Waals surface area contributed by atoms with E-state index in [1.807, 2.05) is 6.07 Å². The molecule has 216 valence electrons. The van der Waals surface area contributed by atoms with Crippen molar-refractivity contribution < 1.29 is 23.4 Å². The number of hydrogen-bond acceptors (Lipinski definition) is 8. The van der Waals surface area contributed by atoms with Crippen molar-refractivity contribution in [1.82, 2.24) is 24.5 Å². The number of imidazole rings is 1. The number of fused-ring (bicyclic) bond motifs is 1. The number of aliphatic hydroxyl groups is 1. The third-order valence-corrected chi connectivity index (χ3v) is 7.74. The van der Waals surface area contributed by atoms with Gasteiger partial charge in [0.2, 0.25) is 11.9 Å². The van der Waals surface area contributed by atoms with Crippen LogP contribution < -0.4 is 15.8 Å². The fourth-order valence-electron chi connectivity index (χ4n) is 5.84. The van der Waals surface area contributed by atoms with Gasteiger partial charge in [-0.05, 0) is 48.4 Å². The molecule has 1 aromatic carbocycles. The zero-order valence-corrected chi connectivity index (χ0v) is 23.1. The van der Waals surface area contributed by atoms with Gasteiger partial charge in [0, 0.05) is 44.4 Å². The highest BCUT2D eigenvalue weighted by molar-refractivity contribution is 5.73. The van der Waals surface area contributed by atoms with E-state index in [9.17, 15) is 13.6 Å². The molecule has 41 heavy (non-hydrogen) atoms. The van der Waals surface area contributed by atoms with Gasteiger partial charge in [-0.25, -0.2) is 13.8 Å². The number of carbonyl (C=O) groups excluding carboxylic acids is 1. The lowest BCUT2D eigenvalue weighted by Crippen LogP contribution is -2.54. The summed E-state index contributed by atoms with van der Waals surface area (Å²) < 4.78 is 36.5. The van der Waals surface area contributed by atoms with Crippen LogP contribution in [0.25, 0.3) is 16.8 Å². The maximum absolute atomic E-state index is 14.9. The smallest absolute Gasteiger partial charge is 0.229 e. The Morgan fingerprint density at radius 1 is 1.22 bits per heavy atom. The third kappa shape index (κ3) is 5.70. The summed E-state index contributed by atoms with van der Waals surface area (Å²) in [6, 6.07) is 7.02. The molecule has 3 aromatic heterocycles. The van der Waals surface area contributed by atoms with E-state index in [0.29, 0.717) is 17.9 Å². The quantitative estimate of drug-likeness (QED) is 0.294. The highest BCUT2D eigenvalue weighted by Crippen LogP contribution is 2.40. The largest absolute Gasteiger partial charge is 0.491 e. The average Bonchev–Trinajstić information content (AvgIpc) is 3.33. The van der Waals surface area contributed by atoms with Crippen LogP contribution in [0.2, 0.25) is 0 Å². The second-order valence-electron chi connectivity index (χ2n) is 10.5. The van der Waals surface area contributed by atoms with Gasteiger partial charge in [-0.15, -0.1) is 0 Å². The van der Waals surface area contributed by atoms with E-state index >= 15 is 0 Å². The van der Waals surface area contributed by atoms with E-state index in [2.05, 4.69) is 27.3 Å². The molecule has 0 spiro atoms. The van der Waals surface area contributed by atoms with Crippen molar-refractivity contribution in [3.8, 4) is 17.0 Å². The number of nitrogens with one attached hydrogen (secondary N) is 1. The lowest BCUT2D eigenvalue weighted by molar-refractivity contribution is -0.131. The molecule has 4 aromatic rings. The Kier molecular flexibility index (Phi) is 8.13. The first-order valence-corrected chi connectivity index (χ1v) is 13.5. The number of benzene rings is 1. The lowest BCUT2D eigenvalue weighted by Gasteiger charge is -2.43. The van der Waals surface area contributed by atoms with Crippen molar-refractivity contribution in [3.63, 3.8) is 0 Å². The van der Waals surface area contributed by atoms with Crippen LogP contribution in [0.1, 0.15) is 38.2 Å². The minimum atomic E-state index is -0.842. The molecule has 1 fully saturated rings. The molecule has 1 aliphatic carbocycles. The summed E-state index contributed by atoms with van der Waals surface area (Å²) in [5, 5.41) is 16.7. The van der Waals surface area contributed by atoms with Gasteiger partial charge in [0.05, 0.1) is 41.5 Å². The molecule has 10 nitrogen and oxygen atoms in total. The highest BCUT2D eigenvalue weighted by atomic mass is 19.1. The third-order valence-electron chi connectivity index (χ3n) is 7.74. The Hall–Kier alpha value is -4.16. The number of ether oxygens (including phenoxy) is 1. The van der Waals surface area contributed by atoms with Gasteiger partial charge in [0.1, 0.15) is 24.0 Å². The molecule has 4 atom stereocenters. The summed E-state index contributed by atoms with van der Waals surface area (Å²) in [5.74, 6) is -1.07. The first-order valence-electron chi connectivity index (χ1n) is 13.5. The van der Waals surface area contributed by atoms with Crippen LogP contribution in [-0.4, -0.2) is 67.8 Å². The fraction of sp³-hybridized carbons (Fsp3) is 0.379. The Balaban J connectivity index is 1.43. The zero-order chi connectivity index (χ0) is 29.3. The van der Waals surface area contributed by atoms with E-state index in [0.717, 1.165) is 29.8 Å². The molecule has 0 aliphatic heterocycles. The van der Waals surface area contributed by atoms with Crippen LogP contribution >= 0.6 is 0 Å². The molecule has 1 saturated carbocycles. The minimum absolute atomic E-state index is 0.00851. The number of rotatable bonds is 8. The van der Waals surface area contributed by atoms with Crippen molar-refractivity contribution in [2.45, 2.75) is 44.7 Å². The van der Waals surface area contributed by atoms with Gasteiger partial charge in [-0.2, -0.15) is 9.61 Å². The summed E-state index contributed by atoms with van der Waals surface area (Å²) in [6.45, 7) is 3.31. The summed E-state index contributed by atoms with van der Waals surface area (Å²) in [5.41, 5.74) is 8.70. The topological polar surface area (TPSA) is 131 Å². The Morgan fingerprint density at radius 3 is 2.66 bits per heavy atom. The van der Waals surface area contributed by atoms with Crippen LogP contribution in [-0.2, 0) is 4.79 Å². The maximum Gasteiger partial charge on any atom is 0.229 e. The number of pyridine rings is 1. The van der Waals surface area contributed by atoms with Gasteiger partial charge >= 0.3 is 0 Å². The highest BCUT2D eigenvalue weighted by Gasteiger charge is 2.38. The summed E-state index contributed by atoms with van der Waals surface area (Å²) in [6.07, 6.45) is 6.55. The van der Waals surface area contributed by atoms with E-state index in [4.69, 9.17) is 15.6 Å². The molecule has 5 rings (SSSR count). The maximum atomic E-state index is 14.9. The molecule has 1 aliphatic rings. The number of aliphatic hydroxyl groups excluding tert-OH is 1. The Bertz CT molecular complexity index is 1530. The summed E-state index contributed by atoms with van der Waals surface area (Å²) >= 11 is 0. The Morgan fingerprint density at radius 2 is 1.98 bits per heavy atom. The number of aromatic nitrogens is 4. The van der Waals surface area contributed by atoms with Crippen molar-refractivity contribution in [3.05, 3.63) is 66.1 Å².